The average Bonchev–Trinajstić information content (AvgIpc) is 2.08. The molecule has 13 heavy (non-hydrogen) atoms. The average molecular weight is 193 g/mol. The highest BCUT2D eigenvalue weighted by atomic mass is 32.1. The van der Waals surface area contributed by atoms with Crippen molar-refractivity contribution in [3.63, 3.8) is 0 Å². The number of carbonyl (C=O) groups excluding carboxylic acids is 1. The minimum absolute atomic E-state index is 0.266. The van der Waals surface area contributed by atoms with Crippen molar-refractivity contribution >= 4 is 24.6 Å². The highest BCUT2D eigenvalue weighted by Gasteiger charge is 1.92. The maximum Gasteiger partial charge on any atom is 0.221 e. The second kappa shape index (κ2) is 4.72. The number of hydrogen-bond donors (Lipinski definition) is 2. The second-order valence-electron chi connectivity index (χ2n) is 2.63. The minimum atomic E-state index is -0.326. The summed E-state index contributed by atoms with van der Waals surface area (Å²) in [5.74, 6) is -0.326. The normalized spacial score (nSPS) is 10.5. The van der Waals surface area contributed by atoms with Crippen molar-refractivity contribution in [2.45, 2.75) is 11.3 Å². The highest BCUT2D eigenvalue weighted by molar-refractivity contribution is 7.80. The molecule has 0 aliphatic carbocycles. The van der Waals surface area contributed by atoms with Crippen LogP contribution < -0.4 is 5.73 Å². The maximum atomic E-state index is 10.4. The molecule has 0 radical (unpaired) electrons. The molecule has 3 heteroatoms. The summed E-state index contributed by atoms with van der Waals surface area (Å²) in [7, 11) is 0. The van der Waals surface area contributed by atoms with Gasteiger partial charge in [0.25, 0.3) is 0 Å². The number of rotatable bonds is 3. The lowest BCUT2D eigenvalue weighted by atomic mass is 10.2. The van der Waals surface area contributed by atoms with Crippen LogP contribution in [0.4, 0.5) is 0 Å². The molecule has 1 aromatic rings. The smallest absolute Gasteiger partial charge is 0.221 e. The van der Waals surface area contributed by atoms with Crippen LogP contribution in [0.15, 0.2) is 35.2 Å². The number of primary amides is 1. The molecule has 0 heterocycles. The van der Waals surface area contributed by atoms with Crippen molar-refractivity contribution < 1.29 is 4.79 Å². The topological polar surface area (TPSA) is 43.1 Å². The molecule has 1 rings (SSSR count). The van der Waals surface area contributed by atoms with Gasteiger partial charge in [-0.2, -0.15) is 0 Å². The van der Waals surface area contributed by atoms with E-state index in [1.807, 2.05) is 30.3 Å². The summed E-state index contributed by atoms with van der Waals surface area (Å²) in [4.78, 5) is 11.3. The van der Waals surface area contributed by atoms with Crippen LogP contribution in [0.1, 0.15) is 12.0 Å². The van der Waals surface area contributed by atoms with Crippen molar-refractivity contribution in [2.24, 2.45) is 5.73 Å². The van der Waals surface area contributed by atoms with Gasteiger partial charge >= 0.3 is 0 Å². The molecular formula is C10H11NOS. The Kier molecular flexibility index (Phi) is 3.58. The van der Waals surface area contributed by atoms with Crippen molar-refractivity contribution in [3.05, 3.63) is 35.9 Å². The van der Waals surface area contributed by atoms with Crippen LogP contribution in [0.3, 0.4) is 0 Å². The van der Waals surface area contributed by atoms with Crippen LogP contribution in [-0.4, -0.2) is 5.91 Å². The Labute approximate surface area is 82.9 Å². The van der Waals surface area contributed by atoms with Gasteiger partial charge in [-0.1, -0.05) is 30.4 Å². The highest BCUT2D eigenvalue weighted by Crippen LogP contribution is 2.14. The third-order valence-electron chi connectivity index (χ3n) is 1.55. The van der Waals surface area contributed by atoms with E-state index >= 15 is 0 Å². The van der Waals surface area contributed by atoms with Gasteiger partial charge in [0, 0.05) is 11.3 Å². The van der Waals surface area contributed by atoms with E-state index in [0.717, 1.165) is 10.5 Å². The zero-order valence-corrected chi connectivity index (χ0v) is 8.00. The predicted octanol–water partition coefficient (Wildman–Crippen LogP) is 1.86. The van der Waals surface area contributed by atoms with E-state index in [4.69, 9.17) is 5.73 Å². The van der Waals surface area contributed by atoms with E-state index in [2.05, 4.69) is 12.6 Å². The van der Waals surface area contributed by atoms with Crippen LogP contribution in [0.5, 0.6) is 0 Å². The Balaban J connectivity index is 2.68. The van der Waals surface area contributed by atoms with E-state index in [9.17, 15) is 4.79 Å². The Bertz CT molecular complexity index is 333. The van der Waals surface area contributed by atoms with Crippen molar-refractivity contribution in [1.29, 1.82) is 0 Å². The van der Waals surface area contributed by atoms with Gasteiger partial charge in [0.15, 0.2) is 0 Å². The minimum Gasteiger partial charge on any atom is -0.369 e. The molecule has 0 spiro atoms. The Morgan fingerprint density at radius 2 is 2.15 bits per heavy atom. The molecule has 0 fully saturated rings. The van der Waals surface area contributed by atoms with Crippen LogP contribution in [-0.2, 0) is 4.79 Å². The monoisotopic (exact) mass is 193 g/mol. The van der Waals surface area contributed by atoms with Gasteiger partial charge in [0.2, 0.25) is 5.91 Å². The number of hydrogen-bond acceptors (Lipinski definition) is 2. The number of carbonyl (C=O) groups is 1. The second-order valence-corrected chi connectivity index (χ2v) is 3.11. The summed E-state index contributed by atoms with van der Waals surface area (Å²) < 4.78 is 0. The van der Waals surface area contributed by atoms with Gasteiger partial charge < -0.3 is 5.73 Å². The molecule has 0 saturated heterocycles. The number of amides is 1. The lowest BCUT2D eigenvalue weighted by molar-refractivity contribution is -0.117. The molecule has 0 atom stereocenters. The Morgan fingerprint density at radius 3 is 2.77 bits per heavy atom. The van der Waals surface area contributed by atoms with Gasteiger partial charge in [-0.25, -0.2) is 0 Å². The number of benzene rings is 1. The summed E-state index contributed by atoms with van der Waals surface area (Å²) in [5, 5.41) is 0. The molecule has 0 aromatic heterocycles. The van der Waals surface area contributed by atoms with Crippen molar-refractivity contribution in [3.8, 4) is 0 Å². The van der Waals surface area contributed by atoms with Gasteiger partial charge in [-0.15, -0.1) is 12.6 Å². The van der Waals surface area contributed by atoms with E-state index < -0.39 is 0 Å². The first-order chi connectivity index (χ1) is 6.20. The molecule has 0 saturated carbocycles. The fourth-order valence-corrected chi connectivity index (χ4v) is 1.17. The van der Waals surface area contributed by atoms with Crippen molar-refractivity contribution in [1.82, 2.24) is 0 Å². The lowest BCUT2D eigenvalue weighted by Crippen LogP contribution is -2.07. The molecule has 2 N–H and O–H groups in total. The lowest BCUT2D eigenvalue weighted by Gasteiger charge is -1.96. The SMILES string of the molecule is NC(=O)CC=Cc1ccccc1S. The summed E-state index contributed by atoms with van der Waals surface area (Å²) in [5.41, 5.74) is 5.98. The molecule has 0 bridgehead atoms. The first-order valence-corrected chi connectivity index (χ1v) is 4.37. The summed E-state index contributed by atoms with van der Waals surface area (Å²) in [6, 6.07) is 7.66. The first kappa shape index (κ1) is 9.86. The summed E-state index contributed by atoms with van der Waals surface area (Å²) in [6.45, 7) is 0. The first-order valence-electron chi connectivity index (χ1n) is 3.93. The predicted molar refractivity (Wildman–Crippen MR) is 56.5 cm³/mol. The van der Waals surface area contributed by atoms with Crippen molar-refractivity contribution in [2.75, 3.05) is 0 Å². The zero-order chi connectivity index (χ0) is 9.68. The third-order valence-corrected chi connectivity index (χ3v) is 1.96. The standard InChI is InChI=1S/C10H11NOS/c11-10(12)7-3-5-8-4-1-2-6-9(8)13/h1-6,13H,7H2,(H2,11,12). The summed E-state index contributed by atoms with van der Waals surface area (Å²) in [6.07, 6.45) is 3.84. The molecule has 0 aliphatic heterocycles. The molecule has 2 nitrogen and oxygen atoms in total. The molecule has 1 aromatic carbocycles. The Morgan fingerprint density at radius 1 is 1.46 bits per heavy atom. The van der Waals surface area contributed by atoms with Gasteiger partial charge in [-0.05, 0) is 11.6 Å². The molecule has 0 unspecified atom stereocenters. The van der Waals surface area contributed by atoms with Crippen LogP contribution in [0.2, 0.25) is 0 Å². The summed E-state index contributed by atoms with van der Waals surface area (Å²) >= 11 is 4.26. The molecule has 0 aliphatic rings. The van der Waals surface area contributed by atoms with Gasteiger partial charge in [0.05, 0.1) is 0 Å². The fourth-order valence-electron chi connectivity index (χ4n) is 0.931. The molecular weight excluding hydrogens is 182 g/mol. The Hall–Kier alpha value is -1.22. The van der Waals surface area contributed by atoms with E-state index in [-0.39, 0.29) is 12.3 Å². The van der Waals surface area contributed by atoms with E-state index in [0.29, 0.717) is 0 Å². The number of nitrogens with two attached hydrogens (primary N) is 1. The largest absolute Gasteiger partial charge is 0.369 e. The van der Waals surface area contributed by atoms with Crippen LogP contribution >= 0.6 is 12.6 Å². The van der Waals surface area contributed by atoms with Crippen LogP contribution in [0.25, 0.3) is 6.08 Å². The molecule has 1 amide bonds. The van der Waals surface area contributed by atoms with Crippen LogP contribution in [0, 0.1) is 0 Å². The van der Waals surface area contributed by atoms with E-state index in [1.165, 1.54) is 0 Å². The number of thiol groups is 1. The quantitative estimate of drug-likeness (QED) is 0.707. The molecule has 68 valence electrons. The third kappa shape index (κ3) is 3.34. The fraction of sp³-hybridized carbons (Fsp3) is 0.100. The van der Waals surface area contributed by atoms with Gasteiger partial charge in [-0.3, -0.25) is 4.79 Å². The van der Waals surface area contributed by atoms with E-state index in [1.54, 1.807) is 6.08 Å². The van der Waals surface area contributed by atoms with Gasteiger partial charge in [0.1, 0.15) is 0 Å². The zero-order valence-electron chi connectivity index (χ0n) is 7.10. The maximum absolute atomic E-state index is 10.4.